The van der Waals surface area contributed by atoms with Crippen LogP contribution in [0, 0.1) is 16.7 Å². The van der Waals surface area contributed by atoms with Crippen molar-refractivity contribution >= 4 is 5.91 Å². The molecular formula is C22H29NO2. The van der Waals surface area contributed by atoms with E-state index in [1.165, 1.54) is 12.0 Å². The van der Waals surface area contributed by atoms with E-state index in [-0.39, 0.29) is 22.3 Å². The van der Waals surface area contributed by atoms with Crippen molar-refractivity contribution in [1.82, 2.24) is 4.90 Å². The van der Waals surface area contributed by atoms with Gasteiger partial charge in [-0.25, -0.2) is 0 Å². The Hall–Kier alpha value is -1.51. The number of phenols is 1. The Balaban J connectivity index is 1.58. The first-order valence-corrected chi connectivity index (χ1v) is 9.91. The van der Waals surface area contributed by atoms with Gasteiger partial charge in [0.25, 0.3) is 0 Å². The minimum absolute atomic E-state index is 0.0102. The number of benzene rings is 1. The van der Waals surface area contributed by atoms with Gasteiger partial charge in [0, 0.05) is 23.4 Å². The Kier molecular flexibility index (Phi) is 2.90. The summed E-state index contributed by atoms with van der Waals surface area (Å²) in [5.74, 6) is 1.63. The SMILES string of the molecule is CC1(C)[C@H]2Cc3c(O)cccc3[C@]1(C)CCN2C(=O)C12CCC(C1)C2. The normalized spacial score (nSPS) is 40.4. The van der Waals surface area contributed by atoms with Gasteiger partial charge in [-0.15, -0.1) is 0 Å². The van der Waals surface area contributed by atoms with E-state index in [4.69, 9.17) is 0 Å². The van der Waals surface area contributed by atoms with Crippen molar-refractivity contribution in [2.75, 3.05) is 6.54 Å². The molecule has 3 saturated carbocycles. The first kappa shape index (κ1) is 15.7. The second kappa shape index (κ2) is 4.61. The molecule has 1 saturated heterocycles. The summed E-state index contributed by atoms with van der Waals surface area (Å²) in [4.78, 5) is 15.7. The number of carbonyl (C=O) groups is 1. The molecule has 134 valence electrons. The highest BCUT2D eigenvalue weighted by molar-refractivity contribution is 5.85. The van der Waals surface area contributed by atoms with Crippen LogP contribution in [0.2, 0.25) is 0 Å². The molecule has 1 aliphatic heterocycles. The summed E-state index contributed by atoms with van der Waals surface area (Å²) in [5.41, 5.74) is 2.36. The molecule has 3 nitrogen and oxygen atoms in total. The van der Waals surface area contributed by atoms with E-state index in [1.54, 1.807) is 6.07 Å². The van der Waals surface area contributed by atoms with Crippen molar-refractivity contribution in [2.45, 2.75) is 70.8 Å². The third-order valence-corrected chi connectivity index (χ3v) is 8.73. The molecule has 4 fully saturated rings. The summed E-state index contributed by atoms with van der Waals surface area (Å²) in [7, 11) is 0. The van der Waals surface area contributed by atoms with Gasteiger partial charge in [0.15, 0.2) is 0 Å². The summed E-state index contributed by atoms with van der Waals surface area (Å²) >= 11 is 0. The van der Waals surface area contributed by atoms with Crippen LogP contribution in [0.4, 0.5) is 0 Å². The maximum Gasteiger partial charge on any atom is 0.229 e. The zero-order valence-corrected chi connectivity index (χ0v) is 15.6. The number of rotatable bonds is 1. The smallest absolute Gasteiger partial charge is 0.229 e. The molecule has 3 heteroatoms. The van der Waals surface area contributed by atoms with Crippen LogP contribution in [0.5, 0.6) is 5.75 Å². The number of likely N-dealkylation sites (tertiary alicyclic amines) is 1. The summed E-state index contributed by atoms with van der Waals surface area (Å²) in [6, 6.07) is 6.15. The number of amides is 1. The minimum Gasteiger partial charge on any atom is -0.508 e. The Morgan fingerprint density at radius 1 is 1.20 bits per heavy atom. The van der Waals surface area contributed by atoms with Crippen molar-refractivity contribution in [3.63, 3.8) is 0 Å². The Morgan fingerprint density at radius 3 is 2.64 bits per heavy atom. The van der Waals surface area contributed by atoms with Gasteiger partial charge in [0.05, 0.1) is 0 Å². The lowest BCUT2D eigenvalue weighted by molar-refractivity contribution is -0.159. The molecule has 25 heavy (non-hydrogen) atoms. The van der Waals surface area contributed by atoms with E-state index in [9.17, 15) is 9.90 Å². The first-order valence-electron chi connectivity index (χ1n) is 9.91. The van der Waals surface area contributed by atoms with Gasteiger partial charge in [-0.05, 0) is 67.1 Å². The molecule has 4 bridgehead atoms. The third-order valence-electron chi connectivity index (χ3n) is 8.73. The van der Waals surface area contributed by atoms with Crippen molar-refractivity contribution < 1.29 is 9.90 Å². The molecule has 1 N–H and O–H groups in total. The average molecular weight is 339 g/mol. The van der Waals surface area contributed by atoms with E-state index in [0.717, 1.165) is 50.1 Å². The topological polar surface area (TPSA) is 40.5 Å². The second-order valence-corrected chi connectivity index (χ2v) is 9.92. The lowest BCUT2D eigenvalue weighted by Gasteiger charge is -2.62. The standard InChI is InChI=1S/C22H29NO2/c1-20(2)18-11-15-16(5-4-6-17(15)24)21(20,3)9-10-23(18)19(25)22-8-7-14(12-22)13-22/h4-6,14,18,24H,7-13H2,1-3H3/t14?,18-,21+,22?/m1/s1. The highest BCUT2D eigenvalue weighted by Gasteiger charge is 2.62. The van der Waals surface area contributed by atoms with Gasteiger partial charge >= 0.3 is 0 Å². The van der Waals surface area contributed by atoms with Crippen LogP contribution in [0.1, 0.15) is 64.0 Å². The number of fused-ring (bicyclic) bond motifs is 5. The molecule has 0 unspecified atom stereocenters. The van der Waals surface area contributed by atoms with Crippen LogP contribution >= 0.6 is 0 Å². The maximum absolute atomic E-state index is 13.5. The highest BCUT2D eigenvalue weighted by Crippen LogP contribution is 2.62. The Labute approximate surface area is 150 Å². The minimum atomic E-state index is -0.0342. The molecular weight excluding hydrogens is 310 g/mol. The monoisotopic (exact) mass is 339 g/mol. The van der Waals surface area contributed by atoms with Gasteiger partial charge in [-0.2, -0.15) is 0 Å². The predicted molar refractivity (Wildman–Crippen MR) is 97.5 cm³/mol. The number of nitrogens with zero attached hydrogens (tertiary/aromatic N) is 1. The Morgan fingerprint density at radius 2 is 1.96 bits per heavy atom. The van der Waals surface area contributed by atoms with Gasteiger partial charge in [0.1, 0.15) is 5.75 Å². The van der Waals surface area contributed by atoms with Crippen LogP contribution in [0.15, 0.2) is 18.2 Å². The van der Waals surface area contributed by atoms with E-state index in [1.807, 2.05) is 6.07 Å². The second-order valence-electron chi connectivity index (χ2n) is 9.92. The molecule has 0 aromatic heterocycles. The van der Waals surface area contributed by atoms with Crippen LogP contribution < -0.4 is 0 Å². The van der Waals surface area contributed by atoms with Crippen LogP contribution in [0.25, 0.3) is 0 Å². The lowest BCUT2D eigenvalue weighted by Crippen LogP contribution is -2.66. The van der Waals surface area contributed by atoms with Crippen molar-refractivity contribution in [1.29, 1.82) is 0 Å². The molecule has 6 rings (SSSR count). The summed E-state index contributed by atoms with van der Waals surface area (Å²) < 4.78 is 0. The van der Waals surface area contributed by atoms with E-state index >= 15 is 0 Å². The number of hydrogen-bond acceptors (Lipinski definition) is 2. The van der Waals surface area contributed by atoms with E-state index in [0.29, 0.717) is 11.7 Å². The number of hydrogen-bond donors (Lipinski definition) is 1. The van der Waals surface area contributed by atoms with E-state index in [2.05, 4.69) is 31.7 Å². The van der Waals surface area contributed by atoms with Crippen LogP contribution in [-0.2, 0) is 16.6 Å². The first-order chi connectivity index (χ1) is 11.8. The lowest BCUT2D eigenvalue weighted by atomic mass is 9.50. The quantitative estimate of drug-likeness (QED) is 0.839. The average Bonchev–Trinajstić information content (AvgIpc) is 3.12. The molecule has 2 atom stereocenters. The van der Waals surface area contributed by atoms with Crippen LogP contribution in [0.3, 0.4) is 0 Å². The van der Waals surface area contributed by atoms with Crippen molar-refractivity contribution in [2.24, 2.45) is 16.7 Å². The van der Waals surface area contributed by atoms with Gasteiger partial charge in [0.2, 0.25) is 5.91 Å². The van der Waals surface area contributed by atoms with Crippen molar-refractivity contribution in [3.8, 4) is 5.75 Å². The van der Waals surface area contributed by atoms with Crippen molar-refractivity contribution in [3.05, 3.63) is 29.3 Å². The molecule has 4 aliphatic carbocycles. The molecule has 5 aliphatic rings. The zero-order valence-electron chi connectivity index (χ0n) is 15.6. The fourth-order valence-corrected chi connectivity index (χ4v) is 6.69. The van der Waals surface area contributed by atoms with E-state index < -0.39 is 0 Å². The van der Waals surface area contributed by atoms with Crippen LogP contribution in [-0.4, -0.2) is 28.5 Å². The fraction of sp³-hybridized carbons (Fsp3) is 0.682. The zero-order chi connectivity index (χ0) is 17.6. The number of aromatic hydroxyl groups is 1. The van der Waals surface area contributed by atoms with Gasteiger partial charge < -0.3 is 10.0 Å². The largest absolute Gasteiger partial charge is 0.508 e. The molecule has 1 amide bonds. The highest BCUT2D eigenvalue weighted by atomic mass is 16.3. The fourth-order valence-electron chi connectivity index (χ4n) is 6.69. The maximum atomic E-state index is 13.5. The number of phenolic OH excluding ortho intramolecular Hbond substituents is 1. The summed E-state index contributed by atoms with van der Waals surface area (Å²) in [5, 5.41) is 10.5. The Bertz CT molecular complexity index is 756. The third kappa shape index (κ3) is 1.75. The molecule has 0 spiro atoms. The molecule has 1 aromatic carbocycles. The predicted octanol–water partition coefficient (Wildman–Crippen LogP) is 4.02. The van der Waals surface area contributed by atoms with Gasteiger partial charge in [-0.1, -0.05) is 32.9 Å². The summed E-state index contributed by atoms with van der Waals surface area (Å²) in [6.07, 6.45) is 6.35. The van der Waals surface area contributed by atoms with Gasteiger partial charge in [-0.3, -0.25) is 4.79 Å². The number of piperidine rings is 1. The molecule has 1 aromatic rings. The summed E-state index contributed by atoms with van der Waals surface area (Å²) in [6.45, 7) is 7.87. The number of carbonyl (C=O) groups excluding carboxylic acids is 1. The molecule has 0 radical (unpaired) electrons. The molecule has 1 heterocycles.